The molecule has 0 aliphatic heterocycles. The fourth-order valence-corrected chi connectivity index (χ4v) is 3.11. The van der Waals surface area contributed by atoms with Gasteiger partial charge in [0.05, 0.1) is 17.6 Å². The summed E-state index contributed by atoms with van der Waals surface area (Å²) < 4.78 is 5.34. The fourth-order valence-electron chi connectivity index (χ4n) is 3.11. The highest BCUT2D eigenvalue weighted by Crippen LogP contribution is 2.45. The highest BCUT2D eigenvalue weighted by atomic mass is 16.6. The van der Waals surface area contributed by atoms with E-state index < -0.39 is 10.9 Å². The van der Waals surface area contributed by atoms with E-state index in [9.17, 15) is 14.9 Å². The second kappa shape index (κ2) is 5.72. The Morgan fingerprint density at radius 3 is 2.52 bits per heavy atom. The maximum atomic E-state index is 11.5. The molecule has 2 aromatic carbocycles. The molecule has 0 spiro atoms. The standard InChI is InChI=1S/C17H15NO5/c1-23-16-14(10-5-7-11(8-6-10)17(19)20)9-12-3-2-4-13(12)15(16)18(21)22/h5-9H,2-4H2,1H3,(H,19,20). The molecule has 1 N–H and O–H groups in total. The van der Waals surface area contributed by atoms with E-state index in [-0.39, 0.29) is 17.0 Å². The first-order valence-corrected chi connectivity index (χ1v) is 7.23. The number of nitro groups is 1. The van der Waals surface area contributed by atoms with E-state index in [4.69, 9.17) is 9.84 Å². The first kappa shape index (κ1) is 15.0. The average Bonchev–Trinajstić information content (AvgIpc) is 3.00. The minimum atomic E-state index is -1.01. The predicted molar refractivity (Wildman–Crippen MR) is 84.1 cm³/mol. The van der Waals surface area contributed by atoms with Crippen LogP contribution >= 0.6 is 0 Å². The zero-order valence-electron chi connectivity index (χ0n) is 12.5. The summed E-state index contributed by atoms with van der Waals surface area (Å²) in [5.74, 6) is -0.776. The van der Waals surface area contributed by atoms with Gasteiger partial charge in [0.2, 0.25) is 5.75 Å². The van der Waals surface area contributed by atoms with Crippen molar-refractivity contribution in [1.29, 1.82) is 0 Å². The third-order valence-corrected chi connectivity index (χ3v) is 4.15. The molecule has 6 nitrogen and oxygen atoms in total. The summed E-state index contributed by atoms with van der Waals surface area (Å²) in [5.41, 5.74) is 3.23. The van der Waals surface area contributed by atoms with Gasteiger partial charge >= 0.3 is 11.7 Å². The van der Waals surface area contributed by atoms with E-state index in [0.717, 1.165) is 24.0 Å². The van der Waals surface area contributed by atoms with Gasteiger partial charge < -0.3 is 9.84 Å². The number of nitrogens with zero attached hydrogens (tertiary/aromatic N) is 1. The number of aryl methyl sites for hydroxylation is 1. The van der Waals surface area contributed by atoms with Crippen LogP contribution in [-0.2, 0) is 12.8 Å². The SMILES string of the molecule is COc1c(-c2ccc(C(=O)O)cc2)cc2c(c1[N+](=O)[O-])CCC2. The summed E-state index contributed by atoms with van der Waals surface area (Å²) in [6.07, 6.45) is 2.38. The largest absolute Gasteiger partial charge is 0.490 e. The molecule has 0 unspecified atom stereocenters. The number of carboxylic acid groups (broad SMARTS) is 1. The minimum Gasteiger partial charge on any atom is -0.490 e. The van der Waals surface area contributed by atoms with Gasteiger partial charge in [-0.15, -0.1) is 0 Å². The predicted octanol–water partition coefficient (Wildman–Crippen LogP) is 3.46. The Balaban J connectivity index is 2.21. The molecule has 0 fully saturated rings. The molecule has 0 radical (unpaired) electrons. The minimum absolute atomic E-state index is 0.0276. The molecule has 118 valence electrons. The lowest BCUT2D eigenvalue weighted by atomic mass is 9.96. The monoisotopic (exact) mass is 313 g/mol. The first-order chi connectivity index (χ1) is 11.0. The summed E-state index contributed by atoms with van der Waals surface area (Å²) in [6.45, 7) is 0. The molecule has 0 bridgehead atoms. The van der Waals surface area contributed by atoms with E-state index >= 15 is 0 Å². The number of ether oxygens (including phenoxy) is 1. The summed E-state index contributed by atoms with van der Waals surface area (Å²) in [4.78, 5) is 22.1. The third-order valence-electron chi connectivity index (χ3n) is 4.15. The topological polar surface area (TPSA) is 89.7 Å². The van der Waals surface area contributed by atoms with Crippen molar-refractivity contribution in [2.75, 3.05) is 7.11 Å². The summed E-state index contributed by atoms with van der Waals surface area (Å²) in [7, 11) is 1.42. The smallest absolute Gasteiger partial charge is 0.335 e. The van der Waals surface area contributed by atoms with Gasteiger partial charge in [-0.25, -0.2) is 4.79 Å². The van der Waals surface area contributed by atoms with E-state index in [0.29, 0.717) is 17.5 Å². The van der Waals surface area contributed by atoms with Gasteiger partial charge in [-0.05, 0) is 48.6 Å². The second-order valence-corrected chi connectivity index (χ2v) is 5.44. The van der Waals surface area contributed by atoms with Crippen molar-refractivity contribution in [1.82, 2.24) is 0 Å². The molecule has 0 amide bonds. The van der Waals surface area contributed by atoms with Gasteiger partial charge in [0.1, 0.15) is 0 Å². The van der Waals surface area contributed by atoms with Crippen LogP contribution in [0, 0.1) is 10.1 Å². The van der Waals surface area contributed by atoms with Crippen molar-refractivity contribution in [3.63, 3.8) is 0 Å². The van der Waals surface area contributed by atoms with E-state index in [1.807, 2.05) is 6.07 Å². The Hall–Kier alpha value is -2.89. The van der Waals surface area contributed by atoms with Crippen LogP contribution in [0.4, 0.5) is 5.69 Å². The van der Waals surface area contributed by atoms with Crippen LogP contribution in [0.2, 0.25) is 0 Å². The van der Waals surface area contributed by atoms with Crippen molar-refractivity contribution >= 4 is 11.7 Å². The summed E-state index contributed by atoms with van der Waals surface area (Å²) in [6, 6.07) is 8.18. The average molecular weight is 313 g/mol. The van der Waals surface area contributed by atoms with Crippen molar-refractivity contribution in [3.05, 3.63) is 57.1 Å². The second-order valence-electron chi connectivity index (χ2n) is 5.44. The maximum Gasteiger partial charge on any atom is 0.335 e. The molecule has 0 aromatic heterocycles. The highest BCUT2D eigenvalue weighted by molar-refractivity contribution is 5.89. The number of aromatic carboxylic acids is 1. The van der Waals surface area contributed by atoms with Crippen molar-refractivity contribution in [2.45, 2.75) is 19.3 Å². The number of fused-ring (bicyclic) bond motifs is 1. The number of benzene rings is 2. The number of hydrogen-bond acceptors (Lipinski definition) is 4. The quantitative estimate of drug-likeness (QED) is 0.689. The molecule has 3 rings (SSSR count). The Labute approximate surface area is 132 Å². The molecular weight excluding hydrogens is 298 g/mol. The zero-order chi connectivity index (χ0) is 16.6. The Morgan fingerprint density at radius 2 is 1.96 bits per heavy atom. The lowest BCUT2D eigenvalue weighted by Gasteiger charge is -2.13. The molecule has 1 aliphatic carbocycles. The Bertz CT molecular complexity index is 796. The van der Waals surface area contributed by atoms with E-state index in [2.05, 4.69) is 0 Å². The van der Waals surface area contributed by atoms with E-state index in [1.165, 1.54) is 19.2 Å². The molecule has 0 saturated heterocycles. The molecule has 23 heavy (non-hydrogen) atoms. The number of nitro benzene ring substituents is 1. The van der Waals surface area contributed by atoms with Crippen LogP contribution in [0.3, 0.4) is 0 Å². The van der Waals surface area contributed by atoms with Gasteiger partial charge in [0.25, 0.3) is 0 Å². The lowest BCUT2D eigenvalue weighted by molar-refractivity contribution is -0.386. The summed E-state index contributed by atoms with van der Waals surface area (Å²) in [5, 5.41) is 20.5. The molecule has 2 aromatic rings. The van der Waals surface area contributed by atoms with Gasteiger partial charge in [0, 0.05) is 11.1 Å². The Kier molecular flexibility index (Phi) is 3.73. The fraction of sp³-hybridized carbons (Fsp3) is 0.235. The Morgan fingerprint density at radius 1 is 1.26 bits per heavy atom. The van der Waals surface area contributed by atoms with Crippen LogP contribution < -0.4 is 4.74 Å². The number of carbonyl (C=O) groups is 1. The maximum absolute atomic E-state index is 11.5. The molecule has 0 heterocycles. The van der Waals surface area contributed by atoms with Crippen LogP contribution in [-0.4, -0.2) is 23.1 Å². The number of carboxylic acids is 1. The van der Waals surface area contributed by atoms with Gasteiger partial charge in [0.15, 0.2) is 0 Å². The normalized spacial score (nSPS) is 12.7. The molecule has 0 atom stereocenters. The molecule has 6 heteroatoms. The van der Waals surface area contributed by atoms with Gasteiger partial charge in [-0.3, -0.25) is 10.1 Å². The number of methoxy groups -OCH3 is 1. The van der Waals surface area contributed by atoms with Gasteiger partial charge in [-0.2, -0.15) is 0 Å². The number of hydrogen-bond donors (Lipinski definition) is 1. The first-order valence-electron chi connectivity index (χ1n) is 7.23. The summed E-state index contributed by atoms with van der Waals surface area (Å²) >= 11 is 0. The lowest BCUT2D eigenvalue weighted by Crippen LogP contribution is -2.01. The van der Waals surface area contributed by atoms with Crippen molar-refractivity contribution in [2.24, 2.45) is 0 Å². The molecular formula is C17H15NO5. The van der Waals surface area contributed by atoms with Crippen LogP contribution in [0.1, 0.15) is 27.9 Å². The van der Waals surface area contributed by atoms with Crippen LogP contribution in [0.5, 0.6) is 5.75 Å². The zero-order valence-corrected chi connectivity index (χ0v) is 12.5. The third kappa shape index (κ3) is 2.52. The number of rotatable bonds is 4. The molecule has 0 saturated carbocycles. The van der Waals surface area contributed by atoms with Gasteiger partial charge in [-0.1, -0.05) is 12.1 Å². The van der Waals surface area contributed by atoms with Crippen molar-refractivity contribution in [3.8, 4) is 16.9 Å². The van der Waals surface area contributed by atoms with Crippen molar-refractivity contribution < 1.29 is 19.6 Å². The molecule has 1 aliphatic rings. The van der Waals surface area contributed by atoms with Crippen LogP contribution in [0.25, 0.3) is 11.1 Å². The highest BCUT2D eigenvalue weighted by Gasteiger charge is 2.30. The van der Waals surface area contributed by atoms with E-state index in [1.54, 1.807) is 12.1 Å². The van der Waals surface area contributed by atoms with Crippen LogP contribution in [0.15, 0.2) is 30.3 Å².